The molecule has 0 aliphatic carbocycles. The number of benzene rings is 2. The maximum absolute atomic E-state index is 13.1. The summed E-state index contributed by atoms with van der Waals surface area (Å²) >= 11 is 0. The topological polar surface area (TPSA) is 52.7 Å². The highest BCUT2D eigenvalue weighted by molar-refractivity contribution is 5.82. The third-order valence-electron chi connectivity index (χ3n) is 6.90. The van der Waals surface area contributed by atoms with E-state index in [1.165, 1.54) is 30.5 Å². The van der Waals surface area contributed by atoms with Gasteiger partial charge in [0.1, 0.15) is 5.82 Å². The van der Waals surface area contributed by atoms with Crippen LogP contribution in [0.25, 0.3) is 0 Å². The van der Waals surface area contributed by atoms with Gasteiger partial charge in [-0.2, -0.15) is 0 Å². The van der Waals surface area contributed by atoms with E-state index in [0.717, 1.165) is 37.9 Å². The van der Waals surface area contributed by atoms with E-state index >= 15 is 0 Å². The van der Waals surface area contributed by atoms with Crippen molar-refractivity contribution in [3.63, 3.8) is 0 Å². The standard InChI is InChI=1S/C27H34FN3O2/c28-24-13-11-21(12-14-24)17-26(32)31-16-6-9-23(20-31)27(33)29-18-25-10-4-5-15-30(25)19-22-7-2-1-3-8-22/h1-3,7-8,11-14,23,25H,4-6,9-10,15-20H2,(H,29,33)/t23-,25-/m0/s1. The number of likely N-dealkylation sites (tertiary alicyclic amines) is 2. The van der Waals surface area contributed by atoms with Crippen molar-refractivity contribution in [3.05, 3.63) is 71.5 Å². The zero-order valence-electron chi connectivity index (χ0n) is 19.2. The molecule has 4 rings (SSSR count). The van der Waals surface area contributed by atoms with Crippen LogP contribution < -0.4 is 5.32 Å². The Morgan fingerprint density at radius 3 is 2.48 bits per heavy atom. The van der Waals surface area contributed by atoms with Gasteiger partial charge in [0.15, 0.2) is 0 Å². The Balaban J connectivity index is 1.27. The van der Waals surface area contributed by atoms with Gasteiger partial charge in [0.05, 0.1) is 12.3 Å². The highest BCUT2D eigenvalue weighted by Gasteiger charge is 2.29. The van der Waals surface area contributed by atoms with Gasteiger partial charge in [-0.05, 0) is 55.5 Å². The molecule has 2 aliphatic heterocycles. The second-order valence-electron chi connectivity index (χ2n) is 9.33. The van der Waals surface area contributed by atoms with Crippen LogP contribution in [-0.2, 0) is 22.6 Å². The molecule has 2 heterocycles. The van der Waals surface area contributed by atoms with Crippen LogP contribution in [0.5, 0.6) is 0 Å². The predicted octanol–water partition coefficient (Wildman–Crippen LogP) is 3.78. The van der Waals surface area contributed by atoms with Gasteiger partial charge in [-0.3, -0.25) is 14.5 Å². The first-order valence-electron chi connectivity index (χ1n) is 12.2. The molecule has 0 radical (unpaired) electrons. The van der Waals surface area contributed by atoms with E-state index in [2.05, 4.69) is 34.5 Å². The number of halogens is 1. The van der Waals surface area contributed by atoms with Gasteiger partial charge < -0.3 is 10.2 Å². The lowest BCUT2D eigenvalue weighted by molar-refractivity contribution is -0.135. The van der Waals surface area contributed by atoms with Crippen LogP contribution in [-0.4, -0.2) is 53.8 Å². The largest absolute Gasteiger partial charge is 0.354 e. The molecule has 0 bridgehead atoms. The summed E-state index contributed by atoms with van der Waals surface area (Å²) in [4.78, 5) is 30.0. The monoisotopic (exact) mass is 451 g/mol. The van der Waals surface area contributed by atoms with Gasteiger partial charge >= 0.3 is 0 Å². The van der Waals surface area contributed by atoms with Gasteiger partial charge in [-0.25, -0.2) is 4.39 Å². The van der Waals surface area contributed by atoms with E-state index < -0.39 is 0 Å². The smallest absolute Gasteiger partial charge is 0.227 e. The molecule has 2 atom stereocenters. The normalized spacial score (nSPS) is 21.5. The van der Waals surface area contributed by atoms with E-state index in [1.54, 1.807) is 17.0 Å². The first-order valence-corrected chi connectivity index (χ1v) is 12.2. The molecular formula is C27H34FN3O2. The molecule has 2 aromatic rings. The van der Waals surface area contributed by atoms with Crippen molar-refractivity contribution >= 4 is 11.8 Å². The summed E-state index contributed by atoms with van der Waals surface area (Å²) in [6.45, 7) is 3.77. The molecule has 1 N–H and O–H groups in total. The number of hydrogen-bond acceptors (Lipinski definition) is 3. The van der Waals surface area contributed by atoms with E-state index in [9.17, 15) is 14.0 Å². The predicted molar refractivity (Wildman–Crippen MR) is 127 cm³/mol. The zero-order valence-corrected chi connectivity index (χ0v) is 19.2. The quantitative estimate of drug-likeness (QED) is 0.697. The summed E-state index contributed by atoms with van der Waals surface area (Å²) in [6, 6.07) is 16.9. The van der Waals surface area contributed by atoms with Crippen molar-refractivity contribution in [1.82, 2.24) is 15.1 Å². The van der Waals surface area contributed by atoms with Crippen LogP contribution in [0.4, 0.5) is 4.39 Å². The van der Waals surface area contributed by atoms with E-state index in [0.29, 0.717) is 25.7 Å². The SMILES string of the molecule is O=C(NC[C@@H]1CCCCN1Cc1ccccc1)[C@H]1CCCN(C(=O)Cc2ccc(F)cc2)C1. The Morgan fingerprint density at radius 1 is 0.909 bits per heavy atom. The van der Waals surface area contributed by atoms with Crippen molar-refractivity contribution in [2.24, 2.45) is 5.92 Å². The van der Waals surface area contributed by atoms with Gasteiger partial charge in [0.25, 0.3) is 0 Å². The van der Waals surface area contributed by atoms with Crippen LogP contribution in [0.2, 0.25) is 0 Å². The maximum atomic E-state index is 13.1. The zero-order chi connectivity index (χ0) is 23.0. The highest BCUT2D eigenvalue weighted by atomic mass is 19.1. The fourth-order valence-electron chi connectivity index (χ4n) is 4.99. The minimum absolute atomic E-state index is 0.000393. The lowest BCUT2D eigenvalue weighted by Gasteiger charge is -2.37. The Bertz CT molecular complexity index is 919. The minimum atomic E-state index is -0.304. The first-order chi connectivity index (χ1) is 16.1. The van der Waals surface area contributed by atoms with Gasteiger partial charge in [0.2, 0.25) is 11.8 Å². The summed E-state index contributed by atoms with van der Waals surface area (Å²) in [5.74, 6) is -0.414. The van der Waals surface area contributed by atoms with Crippen LogP contribution in [0.1, 0.15) is 43.2 Å². The molecule has 33 heavy (non-hydrogen) atoms. The Kier molecular flexibility index (Phi) is 8.10. The number of nitrogens with zero attached hydrogens (tertiary/aromatic N) is 2. The van der Waals surface area contributed by atoms with Crippen molar-refractivity contribution in [1.29, 1.82) is 0 Å². The maximum Gasteiger partial charge on any atom is 0.227 e. The average Bonchev–Trinajstić information content (AvgIpc) is 2.85. The Labute approximate surface area is 196 Å². The van der Waals surface area contributed by atoms with Gasteiger partial charge in [0, 0.05) is 32.2 Å². The molecule has 0 aromatic heterocycles. The van der Waals surface area contributed by atoms with Gasteiger partial charge in [-0.15, -0.1) is 0 Å². The van der Waals surface area contributed by atoms with Crippen molar-refractivity contribution < 1.29 is 14.0 Å². The van der Waals surface area contributed by atoms with E-state index in [-0.39, 0.29) is 30.0 Å². The lowest BCUT2D eigenvalue weighted by atomic mass is 9.95. The summed E-state index contributed by atoms with van der Waals surface area (Å²) in [5.41, 5.74) is 2.10. The second kappa shape index (κ2) is 11.4. The third kappa shape index (κ3) is 6.64. The minimum Gasteiger partial charge on any atom is -0.354 e. The first kappa shape index (κ1) is 23.4. The van der Waals surface area contributed by atoms with Crippen LogP contribution in [0.15, 0.2) is 54.6 Å². The molecule has 6 heteroatoms. The molecule has 2 aliphatic rings. The van der Waals surface area contributed by atoms with E-state index in [4.69, 9.17) is 0 Å². The summed E-state index contributed by atoms with van der Waals surface area (Å²) in [5, 5.41) is 3.19. The Hall–Kier alpha value is -2.73. The Morgan fingerprint density at radius 2 is 1.70 bits per heavy atom. The van der Waals surface area contributed by atoms with Crippen molar-refractivity contribution in [2.45, 2.75) is 51.1 Å². The fourth-order valence-corrected chi connectivity index (χ4v) is 4.99. The van der Waals surface area contributed by atoms with Crippen LogP contribution in [0, 0.1) is 11.7 Å². The van der Waals surface area contributed by atoms with Crippen molar-refractivity contribution in [3.8, 4) is 0 Å². The number of nitrogens with one attached hydrogen (secondary N) is 1. The fraction of sp³-hybridized carbons (Fsp3) is 0.481. The summed E-state index contributed by atoms with van der Waals surface area (Å²) < 4.78 is 13.1. The molecule has 0 saturated carbocycles. The van der Waals surface area contributed by atoms with E-state index in [1.807, 2.05) is 6.07 Å². The molecule has 2 fully saturated rings. The molecule has 2 amide bonds. The summed E-state index contributed by atoms with van der Waals surface area (Å²) in [6.07, 6.45) is 5.37. The highest BCUT2D eigenvalue weighted by Crippen LogP contribution is 2.21. The number of carbonyl (C=O) groups is 2. The number of hydrogen-bond donors (Lipinski definition) is 1. The van der Waals surface area contributed by atoms with Crippen LogP contribution in [0.3, 0.4) is 0 Å². The lowest BCUT2D eigenvalue weighted by Crippen LogP contribution is -2.50. The summed E-state index contributed by atoms with van der Waals surface area (Å²) in [7, 11) is 0. The second-order valence-corrected chi connectivity index (χ2v) is 9.33. The molecule has 2 aromatic carbocycles. The van der Waals surface area contributed by atoms with Gasteiger partial charge in [-0.1, -0.05) is 48.9 Å². The van der Waals surface area contributed by atoms with Crippen LogP contribution >= 0.6 is 0 Å². The molecule has 0 unspecified atom stereocenters. The van der Waals surface area contributed by atoms with Crippen molar-refractivity contribution in [2.75, 3.05) is 26.2 Å². The third-order valence-corrected chi connectivity index (χ3v) is 6.90. The number of piperidine rings is 2. The molecule has 0 spiro atoms. The molecule has 2 saturated heterocycles. The molecule has 5 nitrogen and oxygen atoms in total. The number of carbonyl (C=O) groups excluding carboxylic acids is 2. The molecule has 176 valence electrons. The average molecular weight is 452 g/mol. The molecular weight excluding hydrogens is 417 g/mol. The number of rotatable bonds is 7. The number of amides is 2.